The molecule has 1 aliphatic rings. The first kappa shape index (κ1) is 16.0. The van der Waals surface area contributed by atoms with E-state index in [-0.39, 0.29) is 11.2 Å². The van der Waals surface area contributed by atoms with Gasteiger partial charge in [0.25, 0.3) is 5.56 Å². The van der Waals surface area contributed by atoms with Gasteiger partial charge in [0, 0.05) is 14.1 Å². The van der Waals surface area contributed by atoms with Gasteiger partial charge in [-0.25, -0.2) is 14.3 Å². The van der Waals surface area contributed by atoms with Crippen LogP contribution in [0.25, 0.3) is 11.2 Å². The van der Waals surface area contributed by atoms with Gasteiger partial charge in [-0.3, -0.25) is 14.2 Å². The normalized spacial score (nSPS) is 16.2. The van der Waals surface area contributed by atoms with Gasteiger partial charge >= 0.3 is 5.69 Å². The summed E-state index contributed by atoms with van der Waals surface area (Å²) in [6.07, 6.45) is 4.36. The van der Waals surface area contributed by atoms with Crippen LogP contribution in [0.1, 0.15) is 25.7 Å². The van der Waals surface area contributed by atoms with Crippen LogP contribution in [0, 0.1) is 11.3 Å². The molecule has 0 spiro atoms. The zero-order chi connectivity index (χ0) is 17.5. The minimum Gasteiger partial charge on any atom is -0.336 e. The second kappa shape index (κ2) is 5.63. The molecule has 1 amide bonds. The van der Waals surface area contributed by atoms with Crippen molar-refractivity contribution < 1.29 is 4.79 Å². The van der Waals surface area contributed by atoms with Gasteiger partial charge in [0.15, 0.2) is 11.2 Å². The Morgan fingerprint density at radius 3 is 2.67 bits per heavy atom. The molecule has 0 bridgehead atoms. The van der Waals surface area contributed by atoms with E-state index in [1.165, 1.54) is 22.5 Å². The highest BCUT2D eigenvalue weighted by atomic mass is 16.2. The number of nitriles is 1. The van der Waals surface area contributed by atoms with E-state index in [0.717, 1.165) is 17.4 Å². The maximum absolute atomic E-state index is 12.5. The highest BCUT2D eigenvalue weighted by molar-refractivity contribution is 5.78. The summed E-state index contributed by atoms with van der Waals surface area (Å²) in [7, 11) is 3.15. The molecule has 0 saturated heterocycles. The first-order valence-electron chi connectivity index (χ1n) is 7.72. The first-order valence-corrected chi connectivity index (χ1v) is 7.72. The maximum atomic E-state index is 12.5. The van der Waals surface area contributed by atoms with Crippen LogP contribution in [0.3, 0.4) is 0 Å². The molecule has 3 rings (SSSR count). The summed E-state index contributed by atoms with van der Waals surface area (Å²) in [5.41, 5.74) is -1.54. The Labute approximate surface area is 137 Å². The number of fused-ring (bicyclic) bond motifs is 1. The molecule has 9 nitrogen and oxygen atoms in total. The molecule has 0 aliphatic heterocycles. The molecule has 1 fully saturated rings. The summed E-state index contributed by atoms with van der Waals surface area (Å²) in [4.78, 5) is 41.3. The zero-order valence-electron chi connectivity index (χ0n) is 13.6. The van der Waals surface area contributed by atoms with Gasteiger partial charge in [-0.05, 0) is 25.7 Å². The molecule has 126 valence electrons. The summed E-state index contributed by atoms with van der Waals surface area (Å²) < 4.78 is 3.62. The number of carbonyl (C=O) groups is 1. The smallest absolute Gasteiger partial charge is 0.332 e. The molecule has 2 heterocycles. The highest BCUT2D eigenvalue weighted by Crippen LogP contribution is 2.28. The van der Waals surface area contributed by atoms with Crippen molar-refractivity contribution in [3.05, 3.63) is 27.2 Å². The third-order valence-electron chi connectivity index (χ3n) is 4.55. The second-order valence-corrected chi connectivity index (χ2v) is 6.21. The highest BCUT2D eigenvalue weighted by Gasteiger charge is 2.35. The molecule has 0 aromatic carbocycles. The van der Waals surface area contributed by atoms with Crippen LogP contribution in [-0.2, 0) is 25.4 Å². The molecule has 9 heteroatoms. The lowest BCUT2D eigenvalue weighted by Crippen LogP contribution is -2.49. The number of hydrogen-bond acceptors (Lipinski definition) is 5. The largest absolute Gasteiger partial charge is 0.336 e. The molecular weight excluding hydrogens is 312 g/mol. The van der Waals surface area contributed by atoms with Crippen LogP contribution in [0.15, 0.2) is 15.9 Å². The van der Waals surface area contributed by atoms with Crippen molar-refractivity contribution in [2.24, 2.45) is 14.1 Å². The molecule has 2 aromatic rings. The Kier molecular flexibility index (Phi) is 3.75. The lowest BCUT2D eigenvalue weighted by molar-refractivity contribution is -0.123. The van der Waals surface area contributed by atoms with Crippen LogP contribution in [0.4, 0.5) is 0 Å². The van der Waals surface area contributed by atoms with E-state index < -0.39 is 29.2 Å². The summed E-state index contributed by atoms with van der Waals surface area (Å²) in [5, 5.41) is 12.0. The van der Waals surface area contributed by atoms with E-state index in [2.05, 4.69) is 16.4 Å². The molecule has 1 N–H and O–H groups in total. The van der Waals surface area contributed by atoms with Crippen molar-refractivity contribution in [2.75, 3.05) is 0 Å². The molecule has 2 aromatic heterocycles. The fourth-order valence-corrected chi connectivity index (χ4v) is 3.23. The van der Waals surface area contributed by atoms with Crippen molar-refractivity contribution in [3.63, 3.8) is 0 Å². The number of aromatic nitrogens is 4. The summed E-state index contributed by atoms with van der Waals surface area (Å²) in [6.45, 7) is -0.421. The van der Waals surface area contributed by atoms with Crippen LogP contribution >= 0.6 is 0 Å². The van der Waals surface area contributed by atoms with Gasteiger partial charge in [-0.2, -0.15) is 5.26 Å². The quantitative estimate of drug-likeness (QED) is 0.806. The van der Waals surface area contributed by atoms with Gasteiger partial charge in [0.2, 0.25) is 5.91 Å². The van der Waals surface area contributed by atoms with E-state index in [1.807, 2.05) is 0 Å². The molecule has 24 heavy (non-hydrogen) atoms. The van der Waals surface area contributed by atoms with Gasteiger partial charge in [0.05, 0.1) is 12.4 Å². The fourth-order valence-electron chi connectivity index (χ4n) is 3.23. The molecule has 0 radical (unpaired) electrons. The van der Waals surface area contributed by atoms with Crippen LogP contribution in [0.5, 0.6) is 0 Å². The summed E-state index contributed by atoms with van der Waals surface area (Å²) >= 11 is 0. The summed E-state index contributed by atoms with van der Waals surface area (Å²) in [6, 6.07) is 2.15. The maximum Gasteiger partial charge on any atom is 0.332 e. The van der Waals surface area contributed by atoms with Crippen molar-refractivity contribution in [1.82, 2.24) is 24.0 Å². The van der Waals surface area contributed by atoms with Crippen molar-refractivity contribution in [3.8, 4) is 6.07 Å². The predicted octanol–water partition coefficient (Wildman–Crippen LogP) is -0.614. The minimum absolute atomic E-state index is 0.251. The van der Waals surface area contributed by atoms with E-state index >= 15 is 0 Å². The molecular formula is C15H18N6O3. The van der Waals surface area contributed by atoms with Crippen molar-refractivity contribution in [1.29, 1.82) is 5.26 Å². The standard InChI is InChI=1S/C15H18N6O3/c1-19-9-17-12-11(19)13(23)21(14(24)20(12)2)7-10(22)18-15(8-16)5-3-4-6-15/h9H,3-7H2,1-2H3,(H,18,22). The lowest BCUT2D eigenvalue weighted by Gasteiger charge is -2.22. The topological polar surface area (TPSA) is 115 Å². The number of nitrogens with zero attached hydrogens (tertiary/aromatic N) is 5. The predicted molar refractivity (Wildman–Crippen MR) is 85.2 cm³/mol. The molecule has 0 unspecified atom stereocenters. The minimum atomic E-state index is -0.886. The summed E-state index contributed by atoms with van der Waals surface area (Å²) in [5.74, 6) is -0.515. The lowest BCUT2D eigenvalue weighted by atomic mass is 10.00. The number of imidazole rings is 1. The zero-order valence-corrected chi connectivity index (χ0v) is 13.6. The first-order chi connectivity index (χ1) is 11.4. The number of hydrogen-bond donors (Lipinski definition) is 1. The van der Waals surface area contributed by atoms with E-state index in [0.29, 0.717) is 12.8 Å². The Bertz CT molecular complexity index is 968. The second-order valence-electron chi connectivity index (χ2n) is 6.21. The monoisotopic (exact) mass is 330 g/mol. The van der Waals surface area contributed by atoms with Gasteiger partial charge in [0.1, 0.15) is 12.1 Å². The van der Waals surface area contributed by atoms with Gasteiger partial charge < -0.3 is 9.88 Å². The van der Waals surface area contributed by atoms with Crippen LogP contribution in [-0.4, -0.2) is 30.1 Å². The van der Waals surface area contributed by atoms with E-state index in [9.17, 15) is 19.6 Å². The van der Waals surface area contributed by atoms with Crippen LogP contribution in [0.2, 0.25) is 0 Å². The van der Waals surface area contributed by atoms with Crippen molar-refractivity contribution >= 4 is 17.1 Å². The average Bonchev–Trinajstić information content (AvgIpc) is 3.17. The Morgan fingerprint density at radius 1 is 1.38 bits per heavy atom. The van der Waals surface area contributed by atoms with Gasteiger partial charge in [-0.1, -0.05) is 0 Å². The molecule has 1 aliphatic carbocycles. The number of carbonyl (C=O) groups excluding carboxylic acids is 1. The molecule has 0 atom stereocenters. The molecule has 1 saturated carbocycles. The Balaban J connectivity index is 1.97. The van der Waals surface area contributed by atoms with E-state index in [1.54, 1.807) is 7.05 Å². The average molecular weight is 330 g/mol. The number of aryl methyl sites for hydroxylation is 2. The fraction of sp³-hybridized carbons (Fsp3) is 0.533. The number of amides is 1. The number of rotatable bonds is 3. The third-order valence-corrected chi connectivity index (χ3v) is 4.55. The third kappa shape index (κ3) is 2.40. The van der Waals surface area contributed by atoms with E-state index in [4.69, 9.17) is 0 Å². The number of nitrogens with one attached hydrogen (secondary N) is 1. The Hall–Kier alpha value is -2.89. The Morgan fingerprint density at radius 2 is 2.04 bits per heavy atom. The SMILES string of the molecule is Cn1cnc2c1c(=O)n(CC(=O)NC1(C#N)CCCC1)c(=O)n2C. The van der Waals surface area contributed by atoms with Crippen LogP contribution < -0.4 is 16.6 Å². The van der Waals surface area contributed by atoms with Gasteiger partial charge in [-0.15, -0.1) is 0 Å². The van der Waals surface area contributed by atoms with Crippen molar-refractivity contribution in [2.45, 2.75) is 37.8 Å².